The Labute approximate surface area is 682 Å². The second kappa shape index (κ2) is 49.2. The van der Waals surface area contributed by atoms with Crippen molar-refractivity contribution in [2.45, 2.75) is 60.8 Å². The van der Waals surface area contributed by atoms with Gasteiger partial charge in [-0.2, -0.15) is 0 Å². The van der Waals surface area contributed by atoms with E-state index in [1.807, 2.05) is 0 Å². The van der Waals surface area contributed by atoms with Gasteiger partial charge in [0.25, 0.3) is 6.79 Å². The van der Waals surface area contributed by atoms with Crippen LogP contribution in [0.4, 0.5) is 0 Å². The number of hydrogen-bond acceptors (Lipinski definition) is 1. The first-order chi connectivity index (χ1) is 49.6. The zero-order chi connectivity index (χ0) is 70.8. The molecule has 0 aliphatic carbocycles. The minimum absolute atomic E-state index is 0. The normalized spacial score (nSPS) is 11.1. The molecule has 11 heteroatoms. The Hall–Kier alpha value is -5.05. The van der Waals surface area contributed by atoms with Crippen molar-refractivity contribution in [2.24, 2.45) is 17.8 Å². The first-order valence-corrected chi connectivity index (χ1v) is 47.4. The first-order valence-electron chi connectivity index (χ1n) is 36.4. The van der Waals surface area contributed by atoms with Gasteiger partial charge in [-0.3, -0.25) is 4.79 Å². The van der Waals surface area contributed by atoms with Crippen LogP contribution in [0.1, 0.15) is 60.8 Å². The molecule has 0 saturated carbocycles. The van der Waals surface area contributed by atoms with Crippen LogP contribution in [0.2, 0.25) is 0 Å². The molecule has 0 unspecified atom stereocenters. The monoisotopic (exact) mass is 1780 g/mol. The Bertz CT molecular complexity index is 3480. The van der Waals surface area contributed by atoms with Crippen molar-refractivity contribution in [1.82, 2.24) is 0 Å². The average molecular weight is 1780 g/mol. The van der Waals surface area contributed by atoms with Gasteiger partial charge in [0.15, 0.2) is 0 Å². The van der Waals surface area contributed by atoms with Crippen LogP contribution in [-0.4, -0.2) is 62.2 Å². The van der Waals surface area contributed by atoms with E-state index in [9.17, 15) is 0 Å². The third-order valence-corrected chi connectivity index (χ3v) is 41.6. The van der Waals surface area contributed by atoms with E-state index in [0.29, 0.717) is 17.8 Å². The van der Waals surface area contributed by atoms with Crippen LogP contribution in [0, 0.1) is 17.8 Å². The van der Waals surface area contributed by atoms with Crippen molar-refractivity contribution in [1.29, 1.82) is 0 Å². The molecule has 0 aromatic heterocycles. The largest absolute Gasteiger partial charge is 2.00 e. The second-order valence-corrected chi connectivity index (χ2v) is 45.9. The molecule has 0 N–H and O–H groups in total. The van der Waals surface area contributed by atoms with E-state index in [1.165, 1.54) is 107 Å². The van der Waals surface area contributed by atoms with Gasteiger partial charge >= 0.3 is 19.5 Å². The van der Waals surface area contributed by atoms with Gasteiger partial charge in [-0.05, 0) is 165 Å². The summed E-state index contributed by atoms with van der Waals surface area (Å²) >= 11 is 0. The molecule has 12 aromatic carbocycles. The summed E-state index contributed by atoms with van der Waals surface area (Å²) in [7, 11) is -5.78. The van der Waals surface area contributed by atoms with Crippen molar-refractivity contribution >= 4 is 116 Å². The number of carbonyl (C=O) groups excluding carboxylic acids is 1. The summed E-state index contributed by atoms with van der Waals surface area (Å²) in [4.78, 5) is 7.50. The van der Waals surface area contributed by atoms with Gasteiger partial charge in [-0.1, -0.05) is 333 Å². The summed E-state index contributed by atoms with van der Waals surface area (Å²) in [5.41, 5.74) is 0. The van der Waals surface area contributed by atoms with Crippen LogP contribution in [-0.2, 0) is 24.3 Å². The predicted molar refractivity (Wildman–Crippen MR) is 462 cm³/mol. The molecule has 0 spiro atoms. The quantitative estimate of drug-likeness (QED) is 0.0324. The Morgan fingerprint density at radius 3 is 0.467 bits per heavy atom. The maximum absolute atomic E-state index is 7.50. The molecule has 105 heavy (non-hydrogen) atoms. The van der Waals surface area contributed by atoms with Crippen LogP contribution in [0.15, 0.2) is 364 Å². The van der Waals surface area contributed by atoms with Crippen molar-refractivity contribution in [3.63, 3.8) is 0 Å². The summed E-state index contributed by atoms with van der Waals surface area (Å²) in [5.74, 6) is 2.13. The van der Waals surface area contributed by atoms with E-state index in [1.54, 1.807) is 31.8 Å². The molecule has 0 bridgehead atoms. The van der Waals surface area contributed by atoms with E-state index in [4.69, 9.17) is 4.79 Å². The second-order valence-electron chi connectivity index (χ2n) is 27.3. The minimum atomic E-state index is -1.53. The third kappa shape index (κ3) is 26.6. The summed E-state index contributed by atoms with van der Waals surface area (Å²) in [6.45, 7) is 18.7. The fourth-order valence-corrected chi connectivity index (χ4v) is 37.9. The number of halogens is 3. The molecule has 3 radical (unpaired) electrons. The zero-order valence-corrected chi connectivity index (χ0v) is 73.7. The van der Waals surface area contributed by atoms with Gasteiger partial charge in [0.05, 0.1) is 90.6 Å². The van der Waals surface area contributed by atoms with E-state index in [2.05, 4.69) is 412 Å². The molecule has 12 rings (SSSR count). The van der Waals surface area contributed by atoms with Crippen LogP contribution >= 0.6 is 45.6 Å². The summed E-state index contributed by atoms with van der Waals surface area (Å²) in [5, 5.41) is 18.3. The van der Waals surface area contributed by atoms with E-state index >= 15 is 0 Å². The van der Waals surface area contributed by atoms with Gasteiger partial charge in [0.1, 0.15) is 0 Å². The molecule has 0 heterocycles. The Morgan fingerprint density at radius 2 is 0.343 bits per heavy atom. The van der Waals surface area contributed by atoms with Crippen molar-refractivity contribution in [3.8, 4) is 0 Å². The van der Waals surface area contributed by atoms with Crippen LogP contribution < -0.4 is 115 Å². The van der Waals surface area contributed by atoms with Crippen molar-refractivity contribution in [2.75, 3.05) is 55.5 Å². The summed E-state index contributed by atoms with van der Waals surface area (Å²) in [6.07, 6.45) is 15.1. The van der Waals surface area contributed by atoms with Crippen LogP contribution in [0.3, 0.4) is 0 Å². The predicted octanol–water partition coefficient (Wildman–Crippen LogP) is 11.1. The van der Waals surface area contributed by atoms with E-state index in [-0.39, 0.29) is 70.4 Å². The standard InChI is InChI=1S/3C31H35P2.CO.3BrH.Rh/c3*1-27(2)23-25-33(30-19-11-5-12-20-30,31-21-13-6-14-22-31)26-24-32(28-15-7-3-8-16-28)29-17-9-4-10-18-29;1-2;;;;/h3*3-22,27H,23-26H2,1-2H3;;3*1H;/q3*+1;;;;;+2/p-3. The molecular weight excluding hydrogens is 1670 g/mol. The molecule has 0 fully saturated rings. The Balaban J connectivity index is 0.000000274. The third-order valence-electron chi connectivity index (χ3n) is 19.3. The molecule has 0 atom stereocenters. The van der Waals surface area contributed by atoms with Gasteiger partial charge in [-0.25, -0.2) is 0 Å². The Kier molecular flexibility index (Phi) is 42.4. The smallest absolute Gasteiger partial charge is 1.00 e. The molecule has 1 nitrogen and oxygen atoms in total. The SMILES string of the molecule is CC(C)CC[P+](CCP(c1ccccc1)c1ccccc1)(c1ccccc1)c1ccccc1.CC(C)CC[P+](CCP(c1ccccc1)c1ccccc1)(c1ccccc1)c1ccccc1.CC(C)CC[P+](CCP(c1ccccc1)c1ccccc1)(c1ccccc1)c1ccccc1.[Br-].[Br-].[Br-].[C]=O.[Rh+2]. The van der Waals surface area contributed by atoms with Crippen molar-refractivity contribution < 1.29 is 75.2 Å². The van der Waals surface area contributed by atoms with E-state index < -0.39 is 45.6 Å². The first kappa shape index (κ1) is 90.6. The molecule has 0 saturated heterocycles. The number of rotatable bonds is 30. The van der Waals surface area contributed by atoms with Gasteiger partial charge in [0.2, 0.25) is 0 Å². The molecular formula is C94H105Br3OP6Rh+2. The maximum atomic E-state index is 7.50. The van der Waals surface area contributed by atoms with Gasteiger partial charge < -0.3 is 50.9 Å². The van der Waals surface area contributed by atoms with Crippen molar-refractivity contribution in [3.05, 3.63) is 364 Å². The van der Waals surface area contributed by atoms with Gasteiger partial charge in [-0.15, -0.1) is 0 Å². The fourth-order valence-electron chi connectivity index (χ4n) is 13.7. The average Bonchev–Trinajstić information content (AvgIpc) is 0.789. The van der Waals surface area contributed by atoms with Crippen LogP contribution in [0.25, 0.3) is 0 Å². The fraction of sp³-hybridized carbons (Fsp3) is 0.223. The van der Waals surface area contributed by atoms with Crippen LogP contribution in [0.5, 0.6) is 0 Å². The molecule has 0 aliphatic heterocycles. The molecule has 0 amide bonds. The molecule has 12 aromatic rings. The van der Waals surface area contributed by atoms with E-state index in [0.717, 1.165) is 0 Å². The Morgan fingerprint density at radius 1 is 0.219 bits per heavy atom. The number of hydrogen-bond donors (Lipinski definition) is 0. The maximum Gasteiger partial charge on any atom is 2.00 e. The van der Waals surface area contributed by atoms with Gasteiger partial charge in [0, 0.05) is 18.5 Å². The minimum Gasteiger partial charge on any atom is -1.00 e. The summed E-state index contributed by atoms with van der Waals surface area (Å²) < 4.78 is 0. The molecule has 545 valence electrons. The topological polar surface area (TPSA) is 17.1 Å². The molecule has 0 aliphatic rings. The zero-order valence-electron chi connectivity index (χ0n) is 61.9. The number of benzene rings is 12. The summed E-state index contributed by atoms with van der Waals surface area (Å²) in [6, 6.07) is 136.